The molecule has 30 heavy (non-hydrogen) atoms. The van der Waals surface area contributed by atoms with Gasteiger partial charge in [-0.1, -0.05) is 36.4 Å². The highest BCUT2D eigenvalue weighted by Crippen LogP contribution is 2.39. The molecule has 0 saturated carbocycles. The van der Waals surface area contributed by atoms with Gasteiger partial charge in [0, 0.05) is 22.5 Å². The zero-order chi connectivity index (χ0) is 21.5. The molecular weight excluding hydrogens is 402 g/mol. The zero-order valence-corrected chi connectivity index (χ0v) is 17.5. The second-order valence-electron chi connectivity index (χ2n) is 7.76. The number of esters is 1. The summed E-state index contributed by atoms with van der Waals surface area (Å²) in [5, 5.41) is 1.36. The topological polar surface area (TPSA) is 98.4 Å². The van der Waals surface area contributed by atoms with E-state index in [1.807, 2.05) is 12.1 Å². The second kappa shape index (κ2) is 7.55. The van der Waals surface area contributed by atoms with E-state index >= 15 is 0 Å². The number of carbonyl (C=O) groups is 1. The number of rotatable bonds is 4. The fourth-order valence-corrected chi connectivity index (χ4v) is 3.99. The lowest BCUT2D eigenvalue weighted by Gasteiger charge is -2.28. The van der Waals surface area contributed by atoms with Crippen molar-refractivity contribution in [1.82, 2.24) is 9.97 Å². The molecule has 0 aliphatic carbocycles. The minimum absolute atomic E-state index is 0.0586. The average Bonchev–Trinajstić information content (AvgIpc) is 3.06. The van der Waals surface area contributed by atoms with Crippen molar-refractivity contribution in [2.24, 2.45) is 0 Å². The van der Waals surface area contributed by atoms with Crippen molar-refractivity contribution >= 4 is 50.4 Å². The molecule has 4 rings (SSSR count). The summed E-state index contributed by atoms with van der Waals surface area (Å²) >= 11 is -2.73. The number of carbonyl (C=O) groups excluding carboxylic acids is 1. The number of hydrogen-bond donors (Lipinski definition) is 1. The molecule has 7 nitrogen and oxygen atoms in total. The van der Waals surface area contributed by atoms with Gasteiger partial charge in [-0.05, 0) is 39.0 Å². The Hall–Kier alpha value is -3.23. The highest BCUT2D eigenvalue weighted by atomic mass is 32.2. The fraction of sp³-hybridized carbons (Fsp3) is 0.182. The van der Waals surface area contributed by atoms with E-state index in [1.165, 1.54) is 0 Å². The normalized spacial score (nSPS) is 12.8. The molecule has 8 heteroatoms. The van der Waals surface area contributed by atoms with E-state index in [0.717, 1.165) is 9.69 Å². The Morgan fingerprint density at radius 2 is 1.83 bits per heavy atom. The van der Waals surface area contributed by atoms with Crippen LogP contribution >= 0.6 is 0 Å². The van der Waals surface area contributed by atoms with Crippen molar-refractivity contribution in [2.45, 2.75) is 26.4 Å². The molecule has 2 aromatic heterocycles. The highest BCUT2D eigenvalue weighted by molar-refractivity contribution is 7.81. The molecule has 0 aliphatic rings. The summed E-state index contributed by atoms with van der Waals surface area (Å²) in [4.78, 5) is 20.4. The van der Waals surface area contributed by atoms with Gasteiger partial charge in [-0.15, -0.1) is 0 Å². The SMILES string of the molecule is CC(C)(C)OC(=O)c1[nH]c2ccccc2c1N(c1cccc2cccnc12)S(=O)[O-]. The quantitative estimate of drug-likeness (QED) is 0.383. The van der Waals surface area contributed by atoms with E-state index in [1.54, 1.807) is 69.4 Å². The van der Waals surface area contributed by atoms with Crippen LogP contribution in [0.2, 0.25) is 0 Å². The first-order valence-corrected chi connectivity index (χ1v) is 10.4. The van der Waals surface area contributed by atoms with Crippen LogP contribution < -0.4 is 4.31 Å². The van der Waals surface area contributed by atoms with E-state index in [9.17, 15) is 13.6 Å². The van der Waals surface area contributed by atoms with Gasteiger partial charge in [-0.2, -0.15) is 0 Å². The molecule has 1 N–H and O–H groups in total. The van der Waals surface area contributed by atoms with Gasteiger partial charge in [0.1, 0.15) is 5.60 Å². The van der Waals surface area contributed by atoms with Gasteiger partial charge in [0.05, 0.1) is 28.2 Å². The maximum Gasteiger partial charge on any atom is 0.357 e. The Balaban J connectivity index is 2.00. The van der Waals surface area contributed by atoms with E-state index in [-0.39, 0.29) is 11.4 Å². The van der Waals surface area contributed by atoms with E-state index in [0.29, 0.717) is 22.1 Å². The first-order chi connectivity index (χ1) is 14.3. The maximum absolute atomic E-state index is 13.0. The number of hydrogen-bond acceptors (Lipinski definition) is 5. The van der Waals surface area contributed by atoms with Crippen molar-refractivity contribution in [3.8, 4) is 0 Å². The minimum atomic E-state index is -2.73. The van der Waals surface area contributed by atoms with Gasteiger partial charge in [-0.3, -0.25) is 13.5 Å². The molecule has 4 aromatic rings. The monoisotopic (exact) mass is 422 g/mol. The summed E-state index contributed by atoms with van der Waals surface area (Å²) < 4.78 is 31.6. The van der Waals surface area contributed by atoms with Crippen LogP contribution in [0.1, 0.15) is 31.3 Å². The molecule has 0 radical (unpaired) electrons. The smallest absolute Gasteiger partial charge is 0.357 e. The molecule has 2 aromatic carbocycles. The van der Waals surface area contributed by atoms with Gasteiger partial charge in [0.15, 0.2) is 5.69 Å². The van der Waals surface area contributed by atoms with Crippen LogP contribution in [0.25, 0.3) is 21.8 Å². The number of aromatic nitrogens is 2. The Labute approximate surface area is 176 Å². The standard InChI is InChI=1S/C22H21N3O4S/c1-22(2,3)29-21(26)19-20(15-10-4-5-11-16(15)24-19)25(30(27)28)17-12-6-8-14-9-7-13-23-18(14)17/h4-13,24H,1-3H3,(H,27,28)/p-1. The highest BCUT2D eigenvalue weighted by Gasteiger charge is 2.29. The molecular formula is C22H20N3O4S-. The first kappa shape index (κ1) is 20.1. The number of nitrogens with zero attached hydrogens (tertiary/aromatic N) is 2. The van der Waals surface area contributed by atoms with Crippen LogP contribution in [0.4, 0.5) is 11.4 Å². The predicted octanol–water partition coefficient (Wildman–Crippen LogP) is 4.60. The lowest BCUT2D eigenvalue weighted by atomic mass is 10.1. The number of H-pyrrole nitrogens is 1. The van der Waals surface area contributed by atoms with Crippen LogP contribution in [0.3, 0.4) is 0 Å². The van der Waals surface area contributed by atoms with Gasteiger partial charge in [0.2, 0.25) is 0 Å². The predicted molar refractivity (Wildman–Crippen MR) is 116 cm³/mol. The third kappa shape index (κ3) is 3.67. The number of ether oxygens (including phenoxy) is 1. The molecule has 0 fully saturated rings. The van der Waals surface area contributed by atoms with Crippen LogP contribution in [-0.4, -0.2) is 30.3 Å². The van der Waals surface area contributed by atoms with Crippen molar-refractivity contribution in [2.75, 3.05) is 4.31 Å². The van der Waals surface area contributed by atoms with E-state index in [4.69, 9.17) is 4.74 Å². The molecule has 2 heterocycles. The summed E-state index contributed by atoms with van der Waals surface area (Å²) in [6.45, 7) is 5.27. The van der Waals surface area contributed by atoms with Gasteiger partial charge in [-0.25, -0.2) is 4.79 Å². The number of nitrogens with one attached hydrogen (secondary N) is 1. The summed E-state index contributed by atoms with van der Waals surface area (Å²) in [6.07, 6.45) is 1.60. The van der Waals surface area contributed by atoms with Gasteiger partial charge < -0.3 is 14.3 Å². The molecule has 0 bridgehead atoms. The fourth-order valence-electron chi connectivity index (χ4n) is 3.34. The van der Waals surface area contributed by atoms with E-state index < -0.39 is 22.8 Å². The largest absolute Gasteiger partial charge is 0.755 e. The summed E-state index contributed by atoms with van der Waals surface area (Å²) in [7, 11) is 0. The Bertz CT molecular complexity index is 1270. The number of benzene rings is 2. The molecule has 154 valence electrons. The zero-order valence-electron chi connectivity index (χ0n) is 16.7. The lowest BCUT2D eigenvalue weighted by molar-refractivity contribution is 0.00649. The van der Waals surface area contributed by atoms with Crippen molar-refractivity contribution in [3.05, 3.63) is 66.5 Å². The lowest BCUT2D eigenvalue weighted by Crippen LogP contribution is -2.27. The molecule has 1 atom stereocenters. The molecule has 0 aliphatic heterocycles. The summed E-state index contributed by atoms with van der Waals surface area (Å²) in [5.41, 5.74) is 0.987. The summed E-state index contributed by atoms with van der Waals surface area (Å²) in [5.74, 6) is -0.641. The van der Waals surface area contributed by atoms with Crippen molar-refractivity contribution < 1.29 is 18.3 Å². The number of aromatic amines is 1. The first-order valence-electron chi connectivity index (χ1n) is 9.33. The van der Waals surface area contributed by atoms with Gasteiger partial charge >= 0.3 is 5.97 Å². The maximum atomic E-state index is 13.0. The Morgan fingerprint density at radius 3 is 2.57 bits per heavy atom. The van der Waals surface area contributed by atoms with Gasteiger partial charge in [0.25, 0.3) is 0 Å². The Morgan fingerprint density at radius 1 is 1.10 bits per heavy atom. The third-order valence-corrected chi connectivity index (χ3v) is 5.14. The third-order valence-electron chi connectivity index (χ3n) is 4.46. The van der Waals surface area contributed by atoms with Crippen LogP contribution in [0, 0.1) is 0 Å². The van der Waals surface area contributed by atoms with E-state index in [2.05, 4.69) is 9.97 Å². The number of pyridine rings is 1. The van der Waals surface area contributed by atoms with Crippen LogP contribution in [0.15, 0.2) is 60.8 Å². The number of anilines is 2. The van der Waals surface area contributed by atoms with Crippen molar-refractivity contribution in [1.29, 1.82) is 0 Å². The van der Waals surface area contributed by atoms with Crippen LogP contribution in [-0.2, 0) is 16.0 Å². The Kier molecular flexibility index (Phi) is 5.05. The molecule has 0 saturated heterocycles. The molecule has 0 amide bonds. The molecule has 0 spiro atoms. The summed E-state index contributed by atoms with van der Waals surface area (Å²) in [6, 6.07) is 16.0. The second-order valence-corrected chi connectivity index (χ2v) is 8.56. The van der Waals surface area contributed by atoms with Crippen molar-refractivity contribution in [3.63, 3.8) is 0 Å². The number of fused-ring (bicyclic) bond motifs is 2. The van der Waals surface area contributed by atoms with Crippen LogP contribution in [0.5, 0.6) is 0 Å². The number of para-hydroxylation sites is 2. The minimum Gasteiger partial charge on any atom is -0.755 e. The average molecular weight is 422 g/mol. The molecule has 1 unspecified atom stereocenters.